The molecule has 1 aromatic carbocycles. The Labute approximate surface area is 118 Å². The highest BCUT2D eigenvalue weighted by Crippen LogP contribution is 2.32. The summed E-state index contributed by atoms with van der Waals surface area (Å²) in [4.78, 5) is 14.4. The number of anilines is 1. The number of likely N-dealkylation sites (N-methyl/N-ethyl adjacent to an activating group) is 1. The number of nitrogens with zero attached hydrogens (tertiary/aromatic N) is 2. The van der Waals surface area contributed by atoms with E-state index >= 15 is 0 Å². The number of nitrogens with one attached hydrogen (secondary N) is 2. The van der Waals surface area contributed by atoms with Crippen LogP contribution in [0.4, 0.5) is 5.69 Å². The maximum absolute atomic E-state index is 12.7. The van der Waals surface area contributed by atoms with Crippen molar-refractivity contribution in [1.82, 2.24) is 15.1 Å². The van der Waals surface area contributed by atoms with Crippen LogP contribution in [0, 0.1) is 0 Å². The highest BCUT2D eigenvalue weighted by atomic mass is 16.2. The van der Waals surface area contributed by atoms with Crippen LogP contribution >= 0.6 is 0 Å². The fraction of sp³-hybridized carbons (Fsp3) is 0.333. The van der Waals surface area contributed by atoms with Crippen LogP contribution in [0.25, 0.3) is 0 Å². The summed E-state index contributed by atoms with van der Waals surface area (Å²) < 4.78 is 0. The molecule has 1 unspecified atom stereocenters. The second-order valence-electron chi connectivity index (χ2n) is 5.16. The van der Waals surface area contributed by atoms with E-state index in [-0.39, 0.29) is 11.8 Å². The number of hydrogen-bond donors (Lipinski definition) is 2. The zero-order chi connectivity index (χ0) is 13.9. The van der Waals surface area contributed by atoms with Crippen LogP contribution in [-0.4, -0.2) is 34.6 Å². The summed E-state index contributed by atoms with van der Waals surface area (Å²) in [6.07, 6.45) is 4.41. The summed E-state index contributed by atoms with van der Waals surface area (Å²) in [7, 11) is 1.85. The van der Waals surface area contributed by atoms with E-state index in [1.54, 1.807) is 11.1 Å². The third kappa shape index (κ3) is 2.39. The molecular formula is C15H18N4O. The van der Waals surface area contributed by atoms with Gasteiger partial charge in [-0.15, -0.1) is 0 Å². The molecule has 1 amide bonds. The number of fused-ring (bicyclic) bond motifs is 1. The van der Waals surface area contributed by atoms with Crippen LogP contribution < -0.4 is 5.32 Å². The molecule has 5 heteroatoms. The van der Waals surface area contributed by atoms with E-state index in [0.29, 0.717) is 6.54 Å². The highest BCUT2D eigenvalue weighted by Gasteiger charge is 2.28. The Morgan fingerprint density at radius 2 is 2.30 bits per heavy atom. The lowest BCUT2D eigenvalue weighted by atomic mass is 9.90. The molecule has 1 atom stereocenters. The molecule has 2 aromatic rings. The Balaban J connectivity index is 1.77. The maximum atomic E-state index is 12.7. The van der Waals surface area contributed by atoms with Crippen LogP contribution in [0.2, 0.25) is 0 Å². The first-order valence-electron chi connectivity index (χ1n) is 6.81. The third-order valence-electron chi connectivity index (χ3n) is 3.73. The van der Waals surface area contributed by atoms with E-state index in [2.05, 4.69) is 15.5 Å². The molecule has 3 rings (SSSR count). The van der Waals surface area contributed by atoms with Gasteiger partial charge in [-0.2, -0.15) is 5.10 Å². The smallest absolute Gasteiger partial charge is 0.230 e. The van der Waals surface area contributed by atoms with Gasteiger partial charge in [0.25, 0.3) is 0 Å². The van der Waals surface area contributed by atoms with E-state index < -0.39 is 0 Å². The van der Waals surface area contributed by atoms with Crippen molar-refractivity contribution in [2.75, 3.05) is 18.9 Å². The van der Waals surface area contributed by atoms with Gasteiger partial charge in [0.15, 0.2) is 0 Å². The first-order chi connectivity index (χ1) is 9.75. The summed E-state index contributed by atoms with van der Waals surface area (Å²) in [5.41, 5.74) is 3.19. The van der Waals surface area contributed by atoms with Crippen LogP contribution in [0.1, 0.15) is 23.5 Å². The van der Waals surface area contributed by atoms with E-state index in [9.17, 15) is 4.79 Å². The average Bonchev–Trinajstić information content (AvgIpc) is 2.99. The topological polar surface area (TPSA) is 61.0 Å². The second-order valence-corrected chi connectivity index (χ2v) is 5.16. The van der Waals surface area contributed by atoms with Crippen LogP contribution in [0.3, 0.4) is 0 Å². The Morgan fingerprint density at radius 3 is 3.10 bits per heavy atom. The summed E-state index contributed by atoms with van der Waals surface area (Å²) >= 11 is 0. The van der Waals surface area contributed by atoms with Crippen molar-refractivity contribution in [1.29, 1.82) is 0 Å². The number of H-pyrrole nitrogens is 1. The minimum absolute atomic E-state index is 0.0515. The Kier molecular flexibility index (Phi) is 3.41. The van der Waals surface area contributed by atoms with E-state index in [0.717, 1.165) is 29.8 Å². The number of amides is 1. The summed E-state index contributed by atoms with van der Waals surface area (Å²) in [5, 5.41) is 10.0. The molecule has 104 valence electrons. The molecule has 0 bridgehead atoms. The molecule has 20 heavy (non-hydrogen) atoms. The molecule has 1 aliphatic rings. The molecule has 5 nitrogen and oxygen atoms in total. The minimum Gasteiger partial charge on any atom is -0.385 e. The summed E-state index contributed by atoms with van der Waals surface area (Å²) in [6, 6.07) is 8.05. The zero-order valence-electron chi connectivity index (χ0n) is 11.5. The Hall–Kier alpha value is -2.30. The standard InChI is InChI=1S/C15H18N4O/c1-19(10-11-8-17-18-9-11)15(20)13-6-7-16-14-5-3-2-4-12(13)14/h2-5,8-9,13,16H,6-7,10H2,1H3,(H,17,18). The van der Waals surface area contributed by atoms with Crippen molar-refractivity contribution in [3.8, 4) is 0 Å². The molecule has 0 spiro atoms. The van der Waals surface area contributed by atoms with Crippen molar-refractivity contribution < 1.29 is 4.79 Å². The molecule has 1 aliphatic heterocycles. The van der Waals surface area contributed by atoms with E-state index in [4.69, 9.17) is 0 Å². The van der Waals surface area contributed by atoms with Crippen molar-refractivity contribution in [3.05, 3.63) is 47.8 Å². The van der Waals surface area contributed by atoms with Gasteiger partial charge in [0.2, 0.25) is 5.91 Å². The number of hydrogen-bond acceptors (Lipinski definition) is 3. The van der Waals surface area contributed by atoms with Gasteiger partial charge in [0, 0.05) is 37.6 Å². The normalized spacial score (nSPS) is 17.1. The highest BCUT2D eigenvalue weighted by molar-refractivity contribution is 5.86. The van der Waals surface area contributed by atoms with Gasteiger partial charge in [0.05, 0.1) is 12.1 Å². The fourth-order valence-corrected chi connectivity index (χ4v) is 2.71. The molecule has 0 aliphatic carbocycles. The van der Waals surface area contributed by atoms with Crippen LogP contribution in [0.15, 0.2) is 36.7 Å². The van der Waals surface area contributed by atoms with Gasteiger partial charge < -0.3 is 10.2 Å². The molecule has 0 saturated carbocycles. The summed E-state index contributed by atoms with van der Waals surface area (Å²) in [6.45, 7) is 1.42. The lowest BCUT2D eigenvalue weighted by Crippen LogP contribution is -2.34. The predicted molar refractivity (Wildman–Crippen MR) is 77.4 cm³/mol. The SMILES string of the molecule is CN(Cc1cn[nH]c1)C(=O)C1CCNc2ccccc21. The van der Waals surface area contributed by atoms with Crippen LogP contribution in [0.5, 0.6) is 0 Å². The van der Waals surface area contributed by atoms with Crippen molar-refractivity contribution in [2.45, 2.75) is 18.9 Å². The molecule has 2 heterocycles. The number of carbonyl (C=O) groups is 1. The number of rotatable bonds is 3. The Bertz CT molecular complexity index is 594. The maximum Gasteiger partial charge on any atom is 0.230 e. The molecule has 1 aromatic heterocycles. The lowest BCUT2D eigenvalue weighted by molar-refractivity contribution is -0.132. The predicted octanol–water partition coefficient (Wildman–Crippen LogP) is 1.97. The van der Waals surface area contributed by atoms with Gasteiger partial charge >= 0.3 is 0 Å². The van der Waals surface area contributed by atoms with Gasteiger partial charge in [0.1, 0.15) is 0 Å². The van der Waals surface area contributed by atoms with Crippen LogP contribution in [-0.2, 0) is 11.3 Å². The number of aromatic nitrogens is 2. The number of aromatic amines is 1. The Morgan fingerprint density at radius 1 is 1.45 bits per heavy atom. The quantitative estimate of drug-likeness (QED) is 0.896. The number of carbonyl (C=O) groups excluding carboxylic acids is 1. The van der Waals surface area contributed by atoms with Crippen molar-refractivity contribution >= 4 is 11.6 Å². The van der Waals surface area contributed by atoms with Crippen molar-refractivity contribution in [3.63, 3.8) is 0 Å². The van der Waals surface area contributed by atoms with E-state index in [1.165, 1.54) is 0 Å². The molecule has 0 saturated heterocycles. The molecular weight excluding hydrogens is 252 g/mol. The first-order valence-corrected chi connectivity index (χ1v) is 6.81. The number of para-hydroxylation sites is 1. The van der Waals surface area contributed by atoms with Gasteiger partial charge in [-0.05, 0) is 18.1 Å². The fourth-order valence-electron chi connectivity index (χ4n) is 2.71. The second kappa shape index (κ2) is 5.36. The summed E-state index contributed by atoms with van der Waals surface area (Å²) in [5.74, 6) is 0.115. The monoisotopic (exact) mass is 270 g/mol. The van der Waals surface area contributed by atoms with Crippen molar-refractivity contribution in [2.24, 2.45) is 0 Å². The van der Waals surface area contributed by atoms with Gasteiger partial charge in [-0.25, -0.2) is 0 Å². The van der Waals surface area contributed by atoms with E-state index in [1.807, 2.05) is 37.5 Å². The molecule has 2 N–H and O–H groups in total. The minimum atomic E-state index is -0.0515. The van der Waals surface area contributed by atoms with Gasteiger partial charge in [-0.1, -0.05) is 18.2 Å². The first kappa shape index (κ1) is 12.7. The largest absolute Gasteiger partial charge is 0.385 e. The lowest BCUT2D eigenvalue weighted by Gasteiger charge is -2.29. The third-order valence-corrected chi connectivity index (χ3v) is 3.73. The molecule has 0 radical (unpaired) electrons. The number of benzene rings is 1. The average molecular weight is 270 g/mol. The molecule has 0 fully saturated rings. The zero-order valence-corrected chi connectivity index (χ0v) is 11.5. The van der Waals surface area contributed by atoms with Gasteiger partial charge in [-0.3, -0.25) is 9.89 Å².